The van der Waals surface area contributed by atoms with Crippen molar-refractivity contribution in [3.05, 3.63) is 29.8 Å². The van der Waals surface area contributed by atoms with Gasteiger partial charge in [-0.2, -0.15) is 0 Å². The average molecular weight is 286 g/mol. The number of anilines is 1. The lowest BCUT2D eigenvalue weighted by Gasteiger charge is -2.40. The summed E-state index contributed by atoms with van der Waals surface area (Å²) in [6.07, 6.45) is 9.51. The molecular formula is C19H30N2. The second-order valence-electron chi connectivity index (χ2n) is 6.96. The first-order valence-corrected chi connectivity index (χ1v) is 8.81. The maximum absolute atomic E-state index is 3.60. The summed E-state index contributed by atoms with van der Waals surface area (Å²) in [7, 11) is 2.15. The van der Waals surface area contributed by atoms with Gasteiger partial charge in [0.05, 0.1) is 0 Å². The minimum atomic E-state index is 0.681. The molecule has 3 atom stereocenters. The molecule has 1 aromatic carbocycles. The molecule has 1 saturated carbocycles. The van der Waals surface area contributed by atoms with E-state index in [4.69, 9.17) is 0 Å². The standard InChI is InChI=1S/C19H30N2/c1-15-12-13-16-8-6-7-11-19(16)21(15)14-17-9-4-3-5-10-18(17)20-2/h6-8,11,15,17-18,20H,3-5,9-10,12-14H2,1-2H3. The summed E-state index contributed by atoms with van der Waals surface area (Å²) in [6.45, 7) is 3.63. The number of para-hydroxylation sites is 1. The Kier molecular flexibility index (Phi) is 4.84. The number of hydrogen-bond acceptors (Lipinski definition) is 2. The topological polar surface area (TPSA) is 15.3 Å². The first kappa shape index (κ1) is 14.9. The van der Waals surface area contributed by atoms with Gasteiger partial charge in [0.2, 0.25) is 0 Å². The van der Waals surface area contributed by atoms with E-state index >= 15 is 0 Å². The molecule has 1 N–H and O–H groups in total. The van der Waals surface area contributed by atoms with Crippen LogP contribution in [0.1, 0.15) is 51.0 Å². The summed E-state index contributed by atoms with van der Waals surface area (Å²) < 4.78 is 0. The Labute approximate surface area is 129 Å². The van der Waals surface area contributed by atoms with Crippen molar-refractivity contribution in [1.82, 2.24) is 5.32 Å². The minimum Gasteiger partial charge on any atom is -0.368 e. The lowest BCUT2D eigenvalue weighted by atomic mass is 9.90. The molecule has 1 heterocycles. The largest absolute Gasteiger partial charge is 0.368 e. The number of fused-ring (bicyclic) bond motifs is 1. The van der Waals surface area contributed by atoms with E-state index in [0.29, 0.717) is 12.1 Å². The zero-order valence-electron chi connectivity index (χ0n) is 13.6. The van der Waals surface area contributed by atoms with Gasteiger partial charge in [-0.25, -0.2) is 0 Å². The van der Waals surface area contributed by atoms with E-state index in [9.17, 15) is 0 Å². The SMILES string of the molecule is CNC1CCCCCC1CN1c2ccccc2CCC1C. The zero-order valence-corrected chi connectivity index (χ0v) is 13.6. The molecule has 0 spiro atoms. The van der Waals surface area contributed by atoms with E-state index in [0.717, 1.165) is 5.92 Å². The van der Waals surface area contributed by atoms with Crippen molar-refractivity contribution in [2.75, 3.05) is 18.5 Å². The van der Waals surface area contributed by atoms with Gasteiger partial charge in [0.25, 0.3) is 0 Å². The lowest BCUT2D eigenvalue weighted by Crippen LogP contribution is -2.45. The molecular weight excluding hydrogens is 256 g/mol. The lowest BCUT2D eigenvalue weighted by molar-refractivity contribution is 0.340. The Balaban J connectivity index is 1.79. The molecule has 1 aliphatic carbocycles. The van der Waals surface area contributed by atoms with Crippen molar-refractivity contribution >= 4 is 5.69 Å². The predicted octanol–water partition coefficient (Wildman–Crippen LogP) is 4.00. The van der Waals surface area contributed by atoms with Crippen LogP contribution in [-0.2, 0) is 6.42 Å². The zero-order chi connectivity index (χ0) is 14.7. The van der Waals surface area contributed by atoms with Crippen LogP contribution in [0.15, 0.2) is 24.3 Å². The Morgan fingerprint density at radius 1 is 1.10 bits per heavy atom. The van der Waals surface area contributed by atoms with Crippen LogP contribution in [0, 0.1) is 5.92 Å². The van der Waals surface area contributed by atoms with E-state index in [1.54, 1.807) is 5.56 Å². The number of nitrogens with zero attached hydrogens (tertiary/aromatic N) is 1. The molecule has 3 unspecified atom stereocenters. The van der Waals surface area contributed by atoms with Gasteiger partial charge in [0.15, 0.2) is 0 Å². The summed E-state index contributed by atoms with van der Waals surface area (Å²) in [5.41, 5.74) is 3.04. The van der Waals surface area contributed by atoms with Crippen molar-refractivity contribution < 1.29 is 0 Å². The Morgan fingerprint density at radius 3 is 2.76 bits per heavy atom. The smallest absolute Gasteiger partial charge is 0.0401 e. The number of benzene rings is 1. The molecule has 3 rings (SSSR count). The monoisotopic (exact) mass is 286 g/mol. The Morgan fingerprint density at radius 2 is 1.90 bits per heavy atom. The summed E-state index contributed by atoms with van der Waals surface area (Å²) >= 11 is 0. The van der Waals surface area contributed by atoms with E-state index in [1.807, 2.05) is 0 Å². The number of aryl methyl sites for hydroxylation is 1. The number of hydrogen-bond donors (Lipinski definition) is 1. The normalized spacial score (nSPS) is 29.8. The maximum Gasteiger partial charge on any atom is 0.0401 e. The van der Waals surface area contributed by atoms with E-state index in [2.05, 4.69) is 48.5 Å². The van der Waals surface area contributed by atoms with Crippen molar-refractivity contribution in [2.45, 2.75) is 64.0 Å². The molecule has 2 heteroatoms. The van der Waals surface area contributed by atoms with Crippen molar-refractivity contribution in [1.29, 1.82) is 0 Å². The molecule has 0 saturated heterocycles. The molecule has 1 aromatic rings. The first-order valence-electron chi connectivity index (χ1n) is 8.81. The summed E-state index contributed by atoms with van der Waals surface area (Å²) in [5, 5.41) is 3.60. The molecule has 0 bridgehead atoms. The molecule has 0 radical (unpaired) electrons. The third-order valence-corrected chi connectivity index (χ3v) is 5.63. The highest BCUT2D eigenvalue weighted by Gasteiger charge is 2.29. The quantitative estimate of drug-likeness (QED) is 0.845. The van der Waals surface area contributed by atoms with Gasteiger partial charge in [-0.3, -0.25) is 0 Å². The highest BCUT2D eigenvalue weighted by molar-refractivity contribution is 5.56. The number of nitrogens with one attached hydrogen (secondary N) is 1. The van der Waals surface area contributed by atoms with Crippen LogP contribution in [0.3, 0.4) is 0 Å². The maximum atomic E-state index is 3.60. The highest BCUT2D eigenvalue weighted by Crippen LogP contribution is 2.33. The van der Waals surface area contributed by atoms with Crippen LogP contribution in [0.5, 0.6) is 0 Å². The molecule has 2 nitrogen and oxygen atoms in total. The molecule has 1 fully saturated rings. The van der Waals surface area contributed by atoms with E-state index in [-0.39, 0.29) is 0 Å². The van der Waals surface area contributed by atoms with Crippen molar-refractivity contribution in [2.24, 2.45) is 5.92 Å². The first-order chi connectivity index (χ1) is 10.3. The number of rotatable bonds is 3. The molecule has 2 aliphatic rings. The van der Waals surface area contributed by atoms with Crippen LogP contribution < -0.4 is 10.2 Å². The van der Waals surface area contributed by atoms with Crippen molar-refractivity contribution in [3.63, 3.8) is 0 Å². The fraction of sp³-hybridized carbons (Fsp3) is 0.684. The summed E-state index contributed by atoms with van der Waals surface area (Å²) in [6, 6.07) is 10.4. The molecule has 21 heavy (non-hydrogen) atoms. The van der Waals surface area contributed by atoms with Crippen molar-refractivity contribution in [3.8, 4) is 0 Å². The summed E-state index contributed by atoms with van der Waals surface area (Å²) in [5.74, 6) is 0.797. The third-order valence-electron chi connectivity index (χ3n) is 5.63. The fourth-order valence-corrected chi connectivity index (χ4v) is 4.27. The van der Waals surface area contributed by atoms with Crippen LogP contribution in [-0.4, -0.2) is 25.7 Å². The second-order valence-corrected chi connectivity index (χ2v) is 6.96. The van der Waals surface area contributed by atoms with Gasteiger partial charge in [0.1, 0.15) is 0 Å². The minimum absolute atomic E-state index is 0.681. The van der Waals surface area contributed by atoms with E-state index in [1.165, 1.54) is 57.2 Å². The predicted molar refractivity (Wildman–Crippen MR) is 91.0 cm³/mol. The third kappa shape index (κ3) is 3.26. The van der Waals surface area contributed by atoms with E-state index < -0.39 is 0 Å². The van der Waals surface area contributed by atoms with Crippen LogP contribution >= 0.6 is 0 Å². The average Bonchev–Trinajstić information content (AvgIpc) is 2.75. The summed E-state index contributed by atoms with van der Waals surface area (Å²) in [4.78, 5) is 2.69. The Hall–Kier alpha value is -1.02. The van der Waals surface area contributed by atoms with Crippen LogP contribution in [0.4, 0.5) is 5.69 Å². The van der Waals surface area contributed by atoms with Crippen LogP contribution in [0.25, 0.3) is 0 Å². The van der Waals surface area contributed by atoms with Gasteiger partial charge in [-0.15, -0.1) is 0 Å². The van der Waals surface area contributed by atoms with Gasteiger partial charge in [-0.1, -0.05) is 37.5 Å². The van der Waals surface area contributed by atoms with Gasteiger partial charge in [0, 0.05) is 24.3 Å². The fourth-order valence-electron chi connectivity index (χ4n) is 4.27. The van der Waals surface area contributed by atoms with Gasteiger partial charge in [-0.05, 0) is 57.2 Å². The van der Waals surface area contributed by atoms with Crippen LogP contribution in [0.2, 0.25) is 0 Å². The molecule has 0 amide bonds. The molecule has 116 valence electrons. The molecule has 0 aromatic heterocycles. The van der Waals surface area contributed by atoms with Gasteiger partial charge >= 0.3 is 0 Å². The second kappa shape index (κ2) is 6.83. The molecule has 1 aliphatic heterocycles. The van der Waals surface area contributed by atoms with Gasteiger partial charge < -0.3 is 10.2 Å². The Bertz CT molecular complexity index is 457. The highest BCUT2D eigenvalue weighted by atomic mass is 15.2.